The van der Waals surface area contributed by atoms with Crippen molar-refractivity contribution in [3.8, 4) is 0 Å². The van der Waals surface area contributed by atoms with Crippen molar-refractivity contribution < 1.29 is 19.8 Å². The number of hydrogen-bond acceptors (Lipinski definition) is 3. The molecule has 0 aliphatic carbocycles. The van der Waals surface area contributed by atoms with E-state index in [1.54, 1.807) is 0 Å². The summed E-state index contributed by atoms with van der Waals surface area (Å²) in [6.45, 7) is 0. The van der Waals surface area contributed by atoms with Crippen LogP contribution < -0.4 is 0 Å². The third-order valence-corrected chi connectivity index (χ3v) is 1.76. The maximum atomic E-state index is 10.2. The molecule has 0 aromatic rings. The van der Waals surface area contributed by atoms with Crippen molar-refractivity contribution in [1.82, 2.24) is 0 Å². The van der Waals surface area contributed by atoms with Crippen molar-refractivity contribution in [2.24, 2.45) is 0 Å². The summed E-state index contributed by atoms with van der Waals surface area (Å²) >= 11 is 8.88. The van der Waals surface area contributed by atoms with Crippen LogP contribution in [0.2, 0.25) is 0 Å². The van der Waals surface area contributed by atoms with Crippen LogP contribution in [0, 0.1) is 0 Å². The van der Waals surface area contributed by atoms with Gasteiger partial charge >= 0.3 is 11.9 Å². The molecule has 0 saturated carbocycles. The molecule has 0 amide bonds. The normalized spacial score (nSPS) is 15.5. The predicted octanol–water partition coefficient (Wildman–Crippen LogP) is 0.801. The van der Waals surface area contributed by atoms with Crippen LogP contribution in [-0.4, -0.2) is 26.4 Å². The summed E-state index contributed by atoms with van der Waals surface area (Å²) in [5.41, 5.74) is 0. The molecule has 2 N–H and O–H groups in total. The molecule has 64 valence electrons. The zero-order valence-electron chi connectivity index (χ0n) is 5.45. The number of thiol groups is 1. The van der Waals surface area contributed by atoms with Gasteiger partial charge in [0.05, 0.1) is 0 Å². The van der Waals surface area contributed by atoms with Crippen LogP contribution in [0.5, 0.6) is 0 Å². The van der Waals surface area contributed by atoms with Gasteiger partial charge in [0.2, 0.25) is 0 Å². The molecule has 6 heteroatoms. The first-order chi connectivity index (χ1) is 4.86. The topological polar surface area (TPSA) is 74.6 Å². The van der Waals surface area contributed by atoms with Crippen molar-refractivity contribution in [3.63, 3.8) is 0 Å². The quantitative estimate of drug-likeness (QED) is 0.462. The second kappa shape index (κ2) is 3.82. The van der Waals surface area contributed by atoms with Crippen molar-refractivity contribution in [3.05, 3.63) is 0 Å². The number of rotatable bonds is 4. The van der Waals surface area contributed by atoms with Crippen LogP contribution in [-0.2, 0) is 9.59 Å². The van der Waals surface area contributed by atoms with Gasteiger partial charge in [-0.3, -0.25) is 4.79 Å². The van der Waals surface area contributed by atoms with Gasteiger partial charge in [-0.1, -0.05) is 11.6 Å². The number of carbonyl (C=O) groups is 2. The first kappa shape index (κ1) is 10.6. The van der Waals surface area contributed by atoms with E-state index >= 15 is 0 Å². The number of hydrogen-bond donors (Lipinski definition) is 3. The molecule has 0 saturated heterocycles. The number of carboxylic acids is 2. The SMILES string of the molecule is O=C(O)CCC(S)(Cl)C(=O)O. The van der Waals surface area contributed by atoms with Crippen LogP contribution in [0.3, 0.4) is 0 Å². The van der Waals surface area contributed by atoms with Crippen LogP contribution in [0.15, 0.2) is 0 Å². The lowest BCUT2D eigenvalue weighted by Gasteiger charge is -2.12. The van der Waals surface area contributed by atoms with Crippen molar-refractivity contribution in [1.29, 1.82) is 0 Å². The molecular weight excluding hydrogens is 192 g/mol. The predicted molar refractivity (Wildman–Crippen MR) is 42.1 cm³/mol. The van der Waals surface area contributed by atoms with Gasteiger partial charge in [0.1, 0.15) is 0 Å². The molecule has 1 unspecified atom stereocenters. The maximum Gasteiger partial charge on any atom is 0.334 e. The third kappa shape index (κ3) is 4.10. The van der Waals surface area contributed by atoms with E-state index in [0.29, 0.717) is 0 Å². The van der Waals surface area contributed by atoms with Crippen molar-refractivity contribution in [2.45, 2.75) is 17.0 Å². The van der Waals surface area contributed by atoms with Crippen LogP contribution in [0.4, 0.5) is 0 Å². The highest BCUT2D eigenvalue weighted by molar-refractivity contribution is 7.84. The number of aliphatic carboxylic acids is 2. The highest BCUT2D eigenvalue weighted by Gasteiger charge is 2.31. The molecule has 0 radical (unpaired) electrons. The zero-order chi connectivity index (χ0) is 9.07. The van der Waals surface area contributed by atoms with Gasteiger partial charge < -0.3 is 10.2 Å². The lowest BCUT2D eigenvalue weighted by Crippen LogP contribution is -2.26. The zero-order valence-corrected chi connectivity index (χ0v) is 7.10. The standard InChI is InChI=1S/C5H7ClO4S/c6-5(11,4(9)10)2-1-3(7)8/h11H,1-2H2,(H,7,8)(H,9,10). The minimum atomic E-state index is -1.77. The van der Waals surface area contributed by atoms with Crippen LogP contribution in [0.25, 0.3) is 0 Å². The Morgan fingerprint density at radius 3 is 2.18 bits per heavy atom. The van der Waals surface area contributed by atoms with Gasteiger partial charge in [-0.05, 0) is 6.42 Å². The Morgan fingerprint density at radius 2 is 1.91 bits per heavy atom. The summed E-state index contributed by atoms with van der Waals surface area (Å²) in [5.74, 6) is -2.42. The largest absolute Gasteiger partial charge is 0.481 e. The lowest BCUT2D eigenvalue weighted by atomic mass is 10.2. The first-order valence-corrected chi connectivity index (χ1v) is 3.55. The smallest absolute Gasteiger partial charge is 0.334 e. The molecule has 0 aliphatic heterocycles. The minimum absolute atomic E-state index is 0.206. The highest BCUT2D eigenvalue weighted by atomic mass is 35.5. The Kier molecular flexibility index (Phi) is 3.68. The molecule has 0 heterocycles. The summed E-state index contributed by atoms with van der Waals surface area (Å²) in [4.78, 5) is 20.2. The van der Waals surface area contributed by atoms with E-state index in [1.165, 1.54) is 0 Å². The van der Waals surface area contributed by atoms with Crippen molar-refractivity contribution in [2.75, 3.05) is 0 Å². The second-order valence-corrected chi connectivity index (χ2v) is 3.63. The highest BCUT2D eigenvalue weighted by Crippen LogP contribution is 2.26. The molecule has 0 spiro atoms. The second-order valence-electron chi connectivity index (χ2n) is 1.96. The van der Waals surface area contributed by atoms with E-state index in [-0.39, 0.29) is 12.8 Å². The van der Waals surface area contributed by atoms with Crippen LogP contribution >= 0.6 is 24.2 Å². The average molecular weight is 199 g/mol. The summed E-state index contributed by atoms with van der Waals surface area (Å²) in [6, 6.07) is 0. The monoisotopic (exact) mass is 198 g/mol. The van der Waals surface area contributed by atoms with Gasteiger partial charge in [0.15, 0.2) is 4.21 Å². The number of alkyl halides is 1. The molecule has 0 rings (SSSR count). The van der Waals surface area contributed by atoms with Crippen LogP contribution in [0.1, 0.15) is 12.8 Å². The third-order valence-electron chi connectivity index (χ3n) is 0.998. The Balaban J connectivity index is 3.92. The van der Waals surface area contributed by atoms with Gasteiger partial charge in [-0.25, -0.2) is 4.79 Å². The molecular formula is C5H7ClO4S. The van der Waals surface area contributed by atoms with E-state index < -0.39 is 16.1 Å². The number of carboxylic acid groups (broad SMARTS) is 2. The lowest BCUT2D eigenvalue weighted by molar-refractivity contribution is -0.139. The Morgan fingerprint density at radius 1 is 1.45 bits per heavy atom. The van der Waals surface area contributed by atoms with E-state index in [2.05, 4.69) is 12.6 Å². The maximum absolute atomic E-state index is 10.2. The van der Waals surface area contributed by atoms with Gasteiger partial charge in [-0.15, -0.1) is 12.6 Å². The fourth-order valence-corrected chi connectivity index (χ4v) is 0.586. The summed E-state index contributed by atoms with van der Waals surface area (Å²) < 4.78 is -1.77. The van der Waals surface area contributed by atoms with E-state index in [1.807, 2.05) is 0 Å². The number of halogens is 1. The fourth-order valence-electron chi connectivity index (χ4n) is 0.380. The van der Waals surface area contributed by atoms with Gasteiger partial charge in [0.25, 0.3) is 0 Å². The van der Waals surface area contributed by atoms with E-state index in [0.717, 1.165) is 0 Å². The molecule has 0 fully saturated rings. The molecule has 0 aliphatic rings. The summed E-state index contributed by atoms with van der Waals surface area (Å²) in [6.07, 6.45) is -0.512. The average Bonchev–Trinajstić information content (AvgIpc) is 1.84. The summed E-state index contributed by atoms with van der Waals surface area (Å²) in [5, 5.41) is 16.5. The van der Waals surface area contributed by atoms with Gasteiger partial charge in [0, 0.05) is 6.42 Å². The fraction of sp³-hybridized carbons (Fsp3) is 0.600. The Bertz CT molecular complexity index is 179. The van der Waals surface area contributed by atoms with E-state index in [9.17, 15) is 9.59 Å². The minimum Gasteiger partial charge on any atom is -0.481 e. The Hall–Kier alpha value is -0.420. The van der Waals surface area contributed by atoms with Gasteiger partial charge in [-0.2, -0.15) is 0 Å². The molecule has 4 nitrogen and oxygen atoms in total. The Labute approximate surface area is 73.6 Å². The molecule has 0 aromatic carbocycles. The molecule has 0 aromatic heterocycles. The molecule has 11 heavy (non-hydrogen) atoms. The first-order valence-electron chi connectivity index (χ1n) is 2.73. The van der Waals surface area contributed by atoms with Crippen molar-refractivity contribution >= 4 is 36.2 Å². The van der Waals surface area contributed by atoms with E-state index in [4.69, 9.17) is 21.8 Å². The summed E-state index contributed by atoms with van der Waals surface area (Å²) in [7, 11) is 0. The molecule has 1 atom stereocenters. The molecule has 0 bridgehead atoms.